The molecule has 7 heteroatoms. The van der Waals surface area contributed by atoms with Gasteiger partial charge in [-0.15, -0.1) is 0 Å². The smallest absolute Gasteiger partial charge is 0.165 e. The number of aromatic amines is 1. The summed E-state index contributed by atoms with van der Waals surface area (Å²) in [6.45, 7) is 1.18. The van der Waals surface area contributed by atoms with E-state index in [2.05, 4.69) is 17.1 Å². The molecule has 3 aromatic carbocycles. The maximum atomic E-state index is 14.8. The number of fused-ring (bicyclic) bond motifs is 1. The number of aromatic nitrogens is 3. The van der Waals surface area contributed by atoms with Gasteiger partial charge in [0.05, 0.1) is 23.7 Å². The van der Waals surface area contributed by atoms with Gasteiger partial charge in [0.25, 0.3) is 0 Å². The predicted octanol–water partition coefficient (Wildman–Crippen LogP) is 6.00. The highest BCUT2D eigenvalue weighted by molar-refractivity contribution is 5.60. The number of nitrogens with two attached hydrogens (primary N) is 1. The lowest BCUT2D eigenvalue weighted by molar-refractivity contribution is 0.290. The second kappa shape index (κ2) is 12.5. The van der Waals surface area contributed by atoms with Gasteiger partial charge < -0.3 is 15.5 Å². The third-order valence-electron chi connectivity index (χ3n) is 6.83. The van der Waals surface area contributed by atoms with E-state index in [1.54, 1.807) is 6.07 Å². The molecule has 0 aliphatic carbocycles. The van der Waals surface area contributed by atoms with E-state index in [1.165, 1.54) is 6.07 Å². The molecule has 0 unspecified atom stereocenters. The van der Waals surface area contributed by atoms with Gasteiger partial charge in [-0.1, -0.05) is 79.6 Å². The maximum Gasteiger partial charge on any atom is 0.165 e. The number of rotatable bonds is 12. The highest BCUT2D eigenvalue weighted by atomic mass is 19.1. The van der Waals surface area contributed by atoms with E-state index >= 15 is 0 Å². The van der Waals surface area contributed by atoms with Gasteiger partial charge in [0.1, 0.15) is 0 Å². The van der Waals surface area contributed by atoms with E-state index < -0.39 is 5.82 Å². The normalized spacial score (nSPS) is 11.2. The summed E-state index contributed by atoms with van der Waals surface area (Å²) in [6, 6.07) is 25.3. The molecule has 5 rings (SSSR count). The lowest BCUT2D eigenvalue weighted by Crippen LogP contribution is -2.18. The Labute approximate surface area is 228 Å². The third kappa shape index (κ3) is 6.44. The van der Waals surface area contributed by atoms with Gasteiger partial charge in [-0.2, -0.15) is 0 Å². The van der Waals surface area contributed by atoms with Gasteiger partial charge in [-0.25, -0.2) is 9.37 Å². The van der Waals surface area contributed by atoms with Crippen LogP contribution in [0.15, 0.2) is 85.1 Å². The maximum absolute atomic E-state index is 14.8. The lowest BCUT2D eigenvalue weighted by Gasteiger charge is -2.13. The van der Waals surface area contributed by atoms with Crippen molar-refractivity contribution in [2.45, 2.75) is 38.5 Å². The minimum absolute atomic E-state index is 0.255. The number of hydrogen-bond acceptors (Lipinski definition) is 4. The average Bonchev–Trinajstić information content (AvgIpc) is 3.27. The molecule has 0 saturated heterocycles. The third-order valence-corrected chi connectivity index (χ3v) is 6.83. The standard InChI is InChI=1S/C32H34FN5O/c33-26-19-24(15-16-30(26)39-18-10-2-1-9-17-34)21-27-31(35)38-22-29(25-13-7-4-8-14-25)36-28(32(38)37-27)20-23-11-5-3-6-12-23/h3-8,11-16,19,22,35-36H,1-2,9-10,17-18,20-21,34H2. The first-order valence-corrected chi connectivity index (χ1v) is 13.5. The van der Waals surface area contributed by atoms with Crippen molar-refractivity contribution in [3.63, 3.8) is 0 Å². The van der Waals surface area contributed by atoms with Crippen molar-refractivity contribution in [2.24, 2.45) is 5.73 Å². The summed E-state index contributed by atoms with van der Waals surface area (Å²) in [5.74, 6) is 0.564. The molecule has 6 nitrogen and oxygen atoms in total. The van der Waals surface area contributed by atoms with Crippen molar-refractivity contribution in [1.82, 2.24) is 14.5 Å². The van der Waals surface area contributed by atoms with Crippen LogP contribution in [0.2, 0.25) is 0 Å². The molecule has 4 N–H and O–H groups in total. The lowest BCUT2D eigenvalue weighted by atomic mass is 10.1. The van der Waals surface area contributed by atoms with Gasteiger partial charge >= 0.3 is 0 Å². The van der Waals surface area contributed by atoms with Crippen LogP contribution in [-0.4, -0.2) is 27.7 Å². The van der Waals surface area contributed by atoms with E-state index in [0.717, 1.165) is 53.8 Å². The summed E-state index contributed by atoms with van der Waals surface area (Å²) in [7, 11) is 0. The zero-order valence-electron chi connectivity index (χ0n) is 22.0. The molecule has 2 aliphatic heterocycles. The second-order valence-electron chi connectivity index (χ2n) is 9.77. The van der Waals surface area contributed by atoms with Crippen LogP contribution in [0.4, 0.5) is 4.39 Å². The SMILES string of the molecule is N=c1c(Cc2ccc(OCCCCCCN)c(F)c2)nc2c(Cc3ccccc3)[nH]c(-c3ccccc3)cn1-2. The number of H-pyrrole nitrogens is 1. The topological polar surface area (TPSA) is 92.7 Å². The first-order valence-electron chi connectivity index (χ1n) is 13.5. The Morgan fingerprint density at radius 1 is 0.872 bits per heavy atom. The molecule has 0 fully saturated rings. The van der Waals surface area contributed by atoms with Crippen LogP contribution in [0.5, 0.6) is 5.75 Å². The molecule has 0 atom stereocenters. The van der Waals surface area contributed by atoms with Crippen LogP contribution in [0, 0.1) is 11.2 Å². The summed E-state index contributed by atoms with van der Waals surface area (Å²) >= 11 is 0. The summed E-state index contributed by atoms with van der Waals surface area (Å²) in [6.07, 6.45) is 6.88. The van der Waals surface area contributed by atoms with E-state index in [0.29, 0.717) is 43.0 Å². The number of hydrogen-bond donors (Lipinski definition) is 3. The quantitative estimate of drug-likeness (QED) is 0.175. The molecule has 0 amide bonds. The number of unbranched alkanes of at least 4 members (excludes halogenated alkanes) is 3. The average molecular weight is 524 g/mol. The van der Waals surface area contributed by atoms with E-state index in [4.69, 9.17) is 20.9 Å². The van der Waals surface area contributed by atoms with Crippen LogP contribution in [-0.2, 0) is 12.8 Å². The summed E-state index contributed by atoms with van der Waals surface area (Å²) in [5, 5.41) is 8.92. The Kier molecular flexibility index (Phi) is 8.48. The summed E-state index contributed by atoms with van der Waals surface area (Å²) in [5.41, 5.74) is 11.2. The monoisotopic (exact) mass is 523 g/mol. The van der Waals surface area contributed by atoms with Gasteiger partial charge in [0.15, 0.2) is 22.9 Å². The van der Waals surface area contributed by atoms with E-state index in [1.807, 2.05) is 65.4 Å². The molecule has 0 bridgehead atoms. The molecule has 0 radical (unpaired) electrons. The Bertz CT molecular complexity index is 1530. The minimum Gasteiger partial charge on any atom is -0.491 e. The van der Waals surface area contributed by atoms with E-state index in [-0.39, 0.29) is 5.75 Å². The van der Waals surface area contributed by atoms with Crippen molar-refractivity contribution in [2.75, 3.05) is 13.2 Å². The zero-order valence-corrected chi connectivity index (χ0v) is 22.0. The second-order valence-corrected chi connectivity index (χ2v) is 9.77. The fourth-order valence-electron chi connectivity index (χ4n) is 4.76. The number of nitrogens with one attached hydrogen (secondary N) is 2. The molecule has 39 heavy (non-hydrogen) atoms. The minimum atomic E-state index is -0.394. The Hall–Kier alpha value is -4.23. The fraction of sp³-hybridized carbons (Fsp3) is 0.250. The highest BCUT2D eigenvalue weighted by Gasteiger charge is 2.19. The van der Waals surface area contributed by atoms with Crippen LogP contribution in [0.3, 0.4) is 0 Å². The van der Waals surface area contributed by atoms with Crippen LogP contribution < -0.4 is 16.0 Å². The van der Waals surface area contributed by atoms with Crippen molar-refractivity contribution < 1.29 is 9.13 Å². The molecule has 200 valence electrons. The molecular formula is C32H34FN5O. The number of imidazole rings is 1. The number of ether oxygens (including phenoxy) is 1. The van der Waals surface area contributed by atoms with Gasteiger partial charge in [0.2, 0.25) is 0 Å². The Morgan fingerprint density at radius 2 is 1.62 bits per heavy atom. The first kappa shape index (κ1) is 26.4. The van der Waals surface area contributed by atoms with Crippen molar-refractivity contribution in [1.29, 1.82) is 5.41 Å². The van der Waals surface area contributed by atoms with Crippen molar-refractivity contribution in [3.05, 3.63) is 119 Å². The molecular weight excluding hydrogens is 489 g/mol. The molecule has 2 aliphatic rings. The summed E-state index contributed by atoms with van der Waals surface area (Å²) < 4.78 is 22.3. The van der Waals surface area contributed by atoms with Crippen LogP contribution in [0.1, 0.15) is 48.2 Å². The molecule has 2 heterocycles. The summed E-state index contributed by atoms with van der Waals surface area (Å²) in [4.78, 5) is 8.42. The molecule has 0 saturated carbocycles. The van der Waals surface area contributed by atoms with Crippen molar-refractivity contribution in [3.8, 4) is 22.8 Å². The Balaban J connectivity index is 1.40. The van der Waals surface area contributed by atoms with Crippen LogP contribution >= 0.6 is 0 Å². The molecule has 0 spiro atoms. The highest BCUT2D eigenvalue weighted by Crippen LogP contribution is 2.25. The Morgan fingerprint density at radius 3 is 2.36 bits per heavy atom. The largest absolute Gasteiger partial charge is 0.491 e. The molecule has 3 aromatic rings. The van der Waals surface area contributed by atoms with E-state index in [9.17, 15) is 4.39 Å². The van der Waals surface area contributed by atoms with Gasteiger partial charge in [-0.05, 0) is 48.2 Å². The molecule has 0 aromatic heterocycles. The zero-order chi connectivity index (χ0) is 27.0. The van der Waals surface area contributed by atoms with Gasteiger partial charge in [0, 0.05) is 19.0 Å². The first-order chi connectivity index (χ1) is 19.1. The predicted molar refractivity (Wildman–Crippen MR) is 152 cm³/mol. The number of nitrogens with zero attached hydrogens (tertiary/aromatic N) is 2. The van der Waals surface area contributed by atoms with Crippen molar-refractivity contribution >= 4 is 0 Å². The number of benzene rings is 3. The van der Waals surface area contributed by atoms with Gasteiger partial charge in [-0.3, -0.25) is 9.98 Å². The number of halogens is 1. The fourth-order valence-corrected chi connectivity index (χ4v) is 4.76. The van der Waals surface area contributed by atoms with Crippen LogP contribution in [0.25, 0.3) is 17.1 Å².